The largest absolute Gasteiger partial charge is 0.458 e. The molecule has 216 valence electrons. The van der Waals surface area contributed by atoms with Crippen LogP contribution >= 0.6 is 0 Å². The maximum atomic E-state index is 12.6. The van der Waals surface area contributed by atoms with Gasteiger partial charge in [0, 0.05) is 25.2 Å². The van der Waals surface area contributed by atoms with Crippen LogP contribution in [-0.2, 0) is 23.8 Å². The highest BCUT2D eigenvalue weighted by Crippen LogP contribution is 2.37. The lowest BCUT2D eigenvalue weighted by atomic mass is 9.91. The quantitative estimate of drug-likeness (QED) is 0.175. The van der Waals surface area contributed by atoms with Gasteiger partial charge in [0.2, 0.25) is 0 Å². The molecule has 2 aliphatic heterocycles. The summed E-state index contributed by atoms with van der Waals surface area (Å²) >= 11 is 0. The fourth-order valence-corrected chi connectivity index (χ4v) is 4.99. The van der Waals surface area contributed by atoms with Crippen LogP contribution in [-0.4, -0.2) is 69.5 Å². The summed E-state index contributed by atoms with van der Waals surface area (Å²) in [5, 5.41) is 31.3. The van der Waals surface area contributed by atoms with E-state index in [9.17, 15) is 24.9 Å². The van der Waals surface area contributed by atoms with E-state index in [0.29, 0.717) is 25.7 Å². The van der Waals surface area contributed by atoms with Crippen LogP contribution in [0.1, 0.15) is 80.6 Å². The minimum atomic E-state index is -1.11. The van der Waals surface area contributed by atoms with E-state index in [4.69, 9.17) is 14.2 Å². The van der Waals surface area contributed by atoms with Gasteiger partial charge in [0.15, 0.2) is 0 Å². The summed E-state index contributed by atoms with van der Waals surface area (Å²) in [5.74, 6) is -1.08. The topological polar surface area (TPSA) is 126 Å². The number of aliphatic hydroxyl groups is 3. The lowest BCUT2D eigenvalue weighted by Crippen LogP contribution is -2.30. The Morgan fingerprint density at radius 1 is 1.26 bits per heavy atom. The summed E-state index contributed by atoms with van der Waals surface area (Å²) in [4.78, 5) is 24.2. The van der Waals surface area contributed by atoms with E-state index in [-0.39, 0.29) is 42.4 Å². The van der Waals surface area contributed by atoms with E-state index in [1.165, 1.54) is 6.92 Å². The predicted octanol–water partition coefficient (Wildman–Crippen LogP) is 4.02. The van der Waals surface area contributed by atoms with Gasteiger partial charge in [-0.05, 0) is 50.7 Å². The molecule has 2 aliphatic rings. The van der Waals surface area contributed by atoms with E-state index >= 15 is 0 Å². The van der Waals surface area contributed by atoms with E-state index in [1.807, 2.05) is 46.8 Å². The van der Waals surface area contributed by atoms with Gasteiger partial charge in [-0.15, -0.1) is 0 Å². The molecule has 0 aromatic heterocycles. The molecule has 1 fully saturated rings. The first-order valence-electron chi connectivity index (χ1n) is 13.9. The summed E-state index contributed by atoms with van der Waals surface area (Å²) in [6.45, 7) is 12.7. The molecule has 0 unspecified atom stereocenters. The molecule has 3 N–H and O–H groups in total. The number of epoxide rings is 1. The average molecular weight is 537 g/mol. The Kier molecular flexibility index (Phi) is 12.2. The second kappa shape index (κ2) is 14.4. The van der Waals surface area contributed by atoms with Crippen molar-refractivity contribution in [2.45, 2.75) is 123 Å². The fraction of sp³-hybridized carbons (Fsp3) is 0.733. The second-order valence-corrected chi connectivity index (χ2v) is 11.4. The predicted molar refractivity (Wildman–Crippen MR) is 145 cm³/mol. The zero-order valence-electron chi connectivity index (χ0n) is 24.0. The van der Waals surface area contributed by atoms with Crippen molar-refractivity contribution in [3.8, 4) is 0 Å². The molecule has 2 heterocycles. The Labute approximate surface area is 227 Å². The summed E-state index contributed by atoms with van der Waals surface area (Å²) in [7, 11) is 0. The second-order valence-electron chi connectivity index (χ2n) is 11.4. The lowest BCUT2D eigenvalue weighted by Gasteiger charge is -2.27. The Bertz CT molecular complexity index is 875. The van der Waals surface area contributed by atoms with Gasteiger partial charge in [-0.1, -0.05) is 52.0 Å². The number of hydrogen-bond donors (Lipinski definition) is 3. The van der Waals surface area contributed by atoms with Gasteiger partial charge in [-0.25, -0.2) is 0 Å². The maximum absolute atomic E-state index is 12.6. The number of cyclic esters (lactones) is 1. The third-order valence-corrected chi connectivity index (χ3v) is 7.60. The first-order valence-corrected chi connectivity index (χ1v) is 13.9. The van der Waals surface area contributed by atoms with Crippen molar-refractivity contribution in [2.75, 3.05) is 0 Å². The number of carbonyl (C=O) groups is 2. The molecule has 2 rings (SSSR count). The van der Waals surface area contributed by atoms with Crippen molar-refractivity contribution in [2.24, 2.45) is 17.8 Å². The zero-order chi connectivity index (χ0) is 28.6. The minimum absolute atomic E-state index is 0.0131. The Hall–Kier alpha value is -2.00. The van der Waals surface area contributed by atoms with Gasteiger partial charge in [0.1, 0.15) is 12.2 Å². The van der Waals surface area contributed by atoms with Crippen molar-refractivity contribution in [1.29, 1.82) is 0 Å². The molecule has 0 radical (unpaired) electrons. The molecule has 8 heteroatoms. The maximum Gasteiger partial charge on any atom is 0.309 e. The number of allylic oxidation sites excluding steroid dienone is 2. The van der Waals surface area contributed by atoms with Gasteiger partial charge in [-0.2, -0.15) is 0 Å². The third kappa shape index (κ3) is 10.3. The molecule has 0 aromatic carbocycles. The zero-order valence-corrected chi connectivity index (χ0v) is 24.0. The normalized spacial score (nSPS) is 35.3. The molecular weight excluding hydrogens is 488 g/mol. The van der Waals surface area contributed by atoms with Crippen molar-refractivity contribution in [3.05, 3.63) is 36.0 Å². The first kappa shape index (κ1) is 32.2. The number of carbonyl (C=O) groups excluding carboxylic acids is 2. The number of rotatable bonds is 9. The summed E-state index contributed by atoms with van der Waals surface area (Å²) < 4.78 is 17.0. The smallest absolute Gasteiger partial charge is 0.309 e. The van der Waals surface area contributed by atoms with Crippen LogP contribution in [0.25, 0.3) is 0 Å². The van der Waals surface area contributed by atoms with Crippen molar-refractivity contribution in [1.82, 2.24) is 0 Å². The lowest BCUT2D eigenvalue weighted by molar-refractivity contribution is -0.151. The van der Waals surface area contributed by atoms with Crippen LogP contribution in [0.5, 0.6) is 0 Å². The van der Waals surface area contributed by atoms with Gasteiger partial charge in [0.05, 0.1) is 36.4 Å². The molecule has 0 saturated carbocycles. The average Bonchev–Trinajstić information content (AvgIpc) is 3.59. The Morgan fingerprint density at radius 3 is 2.58 bits per heavy atom. The van der Waals surface area contributed by atoms with Crippen LogP contribution in [0.4, 0.5) is 0 Å². The van der Waals surface area contributed by atoms with E-state index in [2.05, 4.69) is 0 Å². The summed E-state index contributed by atoms with van der Waals surface area (Å²) in [6, 6.07) is 0. The van der Waals surface area contributed by atoms with Crippen LogP contribution < -0.4 is 0 Å². The number of ether oxygens (including phenoxy) is 3. The van der Waals surface area contributed by atoms with Crippen LogP contribution in [0, 0.1) is 17.8 Å². The van der Waals surface area contributed by atoms with E-state index in [0.717, 1.165) is 5.57 Å². The van der Waals surface area contributed by atoms with Gasteiger partial charge >= 0.3 is 11.9 Å². The van der Waals surface area contributed by atoms with Crippen molar-refractivity contribution in [3.63, 3.8) is 0 Å². The highest BCUT2D eigenvalue weighted by molar-refractivity contribution is 5.70. The molecule has 0 aliphatic carbocycles. The Morgan fingerprint density at radius 2 is 1.95 bits per heavy atom. The Balaban J connectivity index is 2.14. The van der Waals surface area contributed by atoms with E-state index < -0.39 is 36.0 Å². The monoisotopic (exact) mass is 536 g/mol. The fourth-order valence-electron chi connectivity index (χ4n) is 4.99. The van der Waals surface area contributed by atoms with Crippen LogP contribution in [0.15, 0.2) is 36.0 Å². The molecule has 0 bridgehead atoms. The SMILES string of the molecule is CC[C@@H](O)[C@@H](C)[C@H]1O[C@@H]1C[C@](C)(O)/C=C/C=C(\C)[C@H]1OC(=O)C[C@@H](O)CC[C@@H](C)[C@@H](OC(C)=O)/C=C/[C@@H]1C. The molecule has 10 atom stereocenters. The molecule has 8 nitrogen and oxygen atoms in total. The van der Waals surface area contributed by atoms with Crippen LogP contribution in [0.3, 0.4) is 0 Å². The van der Waals surface area contributed by atoms with Gasteiger partial charge < -0.3 is 29.5 Å². The van der Waals surface area contributed by atoms with E-state index in [1.54, 1.807) is 25.2 Å². The van der Waals surface area contributed by atoms with Crippen molar-refractivity contribution >= 4 is 11.9 Å². The number of esters is 2. The summed E-state index contributed by atoms with van der Waals surface area (Å²) in [5.41, 5.74) is -0.342. The highest BCUT2D eigenvalue weighted by Gasteiger charge is 2.47. The van der Waals surface area contributed by atoms with Crippen LogP contribution in [0.2, 0.25) is 0 Å². The van der Waals surface area contributed by atoms with Gasteiger partial charge in [-0.3, -0.25) is 9.59 Å². The van der Waals surface area contributed by atoms with Gasteiger partial charge in [0.25, 0.3) is 0 Å². The van der Waals surface area contributed by atoms with Crippen molar-refractivity contribution < 1.29 is 39.1 Å². The number of hydrogen-bond acceptors (Lipinski definition) is 8. The summed E-state index contributed by atoms with van der Waals surface area (Å²) in [6.07, 6.45) is 8.48. The molecule has 0 spiro atoms. The first-order chi connectivity index (χ1) is 17.7. The highest BCUT2D eigenvalue weighted by atomic mass is 16.6. The molecule has 1 saturated heterocycles. The molecular formula is C30H48O8. The minimum Gasteiger partial charge on any atom is -0.458 e. The standard InChI is InChI=1S/C30H48O8/c1-8-24(33)21(5)29-26(37-29)17-30(7,35)15-9-10-19(3)28-20(4)12-14-25(36-22(6)31)18(2)11-13-23(32)16-27(34)38-28/h9-10,12,14-15,18,20-21,23-26,28-29,32-33,35H,8,11,13,16-17H2,1-7H3/b14-12+,15-9+,19-10+/t18-,20+,21-,23+,24-,25+,26-,28-,29-,30-/m1/s1. The number of aliphatic hydroxyl groups excluding tert-OH is 2. The molecule has 0 aromatic rings. The third-order valence-electron chi connectivity index (χ3n) is 7.60. The molecule has 0 amide bonds. The molecule has 38 heavy (non-hydrogen) atoms.